The summed E-state index contributed by atoms with van der Waals surface area (Å²) in [5, 5.41) is 1.31. The van der Waals surface area contributed by atoms with Crippen LogP contribution in [0.5, 0.6) is 11.5 Å². The average molecular weight is 346 g/mol. The Morgan fingerprint density at radius 2 is 1.24 bits per heavy atom. The quantitative estimate of drug-likeness (QED) is 0.819. The molecule has 0 radical (unpaired) electrons. The molecule has 0 heterocycles. The van der Waals surface area contributed by atoms with E-state index in [2.05, 4.69) is 0 Å². The van der Waals surface area contributed by atoms with E-state index in [0.29, 0.717) is 10.0 Å². The van der Waals surface area contributed by atoms with Crippen molar-refractivity contribution in [2.24, 2.45) is 0 Å². The number of rotatable bonds is 4. The molecule has 17 heavy (non-hydrogen) atoms. The molecule has 0 aliphatic carbocycles. The SMILES string of the molecule is Clc1cccc([O][Zr][O]c2cccc(Cl)c2)c1. The Kier molecular flexibility index (Phi) is 4.90. The molecule has 0 atom stereocenters. The van der Waals surface area contributed by atoms with Gasteiger partial charge < -0.3 is 0 Å². The molecule has 0 spiro atoms. The van der Waals surface area contributed by atoms with Crippen molar-refractivity contribution in [1.82, 2.24) is 0 Å². The molecule has 2 rings (SSSR count). The molecule has 0 fully saturated rings. The van der Waals surface area contributed by atoms with E-state index in [1.165, 1.54) is 0 Å². The predicted molar refractivity (Wildman–Crippen MR) is 64.2 cm³/mol. The van der Waals surface area contributed by atoms with Crippen LogP contribution in [-0.2, 0) is 24.1 Å². The van der Waals surface area contributed by atoms with Gasteiger partial charge in [0.1, 0.15) is 0 Å². The average Bonchev–Trinajstić information content (AvgIpc) is 2.29. The van der Waals surface area contributed by atoms with Gasteiger partial charge in [0, 0.05) is 0 Å². The summed E-state index contributed by atoms with van der Waals surface area (Å²) in [7, 11) is 0. The van der Waals surface area contributed by atoms with Crippen molar-refractivity contribution in [3.63, 3.8) is 0 Å². The fourth-order valence-electron chi connectivity index (χ4n) is 1.18. The van der Waals surface area contributed by atoms with Crippen LogP contribution in [-0.4, -0.2) is 0 Å². The third-order valence-electron chi connectivity index (χ3n) is 1.91. The Balaban J connectivity index is 1.87. The van der Waals surface area contributed by atoms with Crippen LogP contribution in [0.2, 0.25) is 10.0 Å². The molecular formula is C12H8Cl2O2Zr. The molecular weight excluding hydrogens is 338 g/mol. The summed E-state index contributed by atoms with van der Waals surface area (Å²) in [4.78, 5) is 0. The molecule has 0 N–H and O–H groups in total. The minimum atomic E-state index is -1.41. The monoisotopic (exact) mass is 344 g/mol. The van der Waals surface area contributed by atoms with E-state index in [4.69, 9.17) is 28.8 Å². The Morgan fingerprint density at radius 3 is 1.65 bits per heavy atom. The molecule has 0 aliphatic rings. The van der Waals surface area contributed by atoms with Gasteiger partial charge in [0.2, 0.25) is 0 Å². The second-order valence-electron chi connectivity index (χ2n) is 3.20. The van der Waals surface area contributed by atoms with Gasteiger partial charge in [-0.15, -0.1) is 0 Å². The van der Waals surface area contributed by atoms with Crippen molar-refractivity contribution in [3.8, 4) is 11.5 Å². The molecule has 0 saturated carbocycles. The normalized spacial score (nSPS) is 9.76. The van der Waals surface area contributed by atoms with Crippen LogP contribution < -0.4 is 5.63 Å². The zero-order valence-electron chi connectivity index (χ0n) is 8.69. The number of benzene rings is 2. The number of halogens is 2. The zero-order chi connectivity index (χ0) is 12.1. The molecule has 2 nitrogen and oxygen atoms in total. The van der Waals surface area contributed by atoms with Gasteiger partial charge in [-0.1, -0.05) is 0 Å². The summed E-state index contributed by atoms with van der Waals surface area (Å²) in [6, 6.07) is 14.5. The molecule has 2 aromatic carbocycles. The Morgan fingerprint density at radius 1 is 0.765 bits per heavy atom. The fraction of sp³-hybridized carbons (Fsp3) is 0. The van der Waals surface area contributed by atoms with E-state index >= 15 is 0 Å². The third kappa shape index (κ3) is 4.35. The molecule has 5 heteroatoms. The van der Waals surface area contributed by atoms with Crippen molar-refractivity contribution in [2.45, 2.75) is 0 Å². The Labute approximate surface area is 122 Å². The first-order valence-electron chi connectivity index (χ1n) is 4.84. The van der Waals surface area contributed by atoms with E-state index < -0.39 is 24.1 Å². The van der Waals surface area contributed by atoms with Gasteiger partial charge in [0.25, 0.3) is 0 Å². The van der Waals surface area contributed by atoms with Gasteiger partial charge in [-0.3, -0.25) is 0 Å². The van der Waals surface area contributed by atoms with Crippen LogP contribution in [0, 0.1) is 0 Å². The first kappa shape index (κ1) is 12.9. The van der Waals surface area contributed by atoms with Crippen molar-refractivity contribution < 1.29 is 29.7 Å². The van der Waals surface area contributed by atoms with Crippen molar-refractivity contribution >= 4 is 23.2 Å². The van der Waals surface area contributed by atoms with Crippen LogP contribution in [0.25, 0.3) is 0 Å². The molecule has 0 unspecified atom stereocenters. The molecule has 0 amide bonds. The molecule has 86 valence electrons. The first-order chi connectivity index (χ1) is 8.24. The number of hydrogen-bond donors (Lipinski definition) is 0. The van der Waals surface area contributed by atoms with Gasteiger partial charge in [0.05, 0.1) is 0 Å². The summed E-state index contributed by atoms with van der Waals surface area (Å²) in [5.41, 5.74) is 0. The van der Waals surface area contributed by atoms with Crippen molar-refractivity contribution in [3.05, 3.63) is 58.6 Å². The summed E-state index contributed by atoms with van der Waals surface area (Å²) >= 11 is 10.3. The predicted octanol–water partition coefficient (Wildman–Crippen LogP) is 4.36. The summed E-state index contributed by atoms with van der Waals surface area (Å²) in [6.45, 7) is 0. The molecule has 0 saturated heterocycles. The standard InChI is InChI=1S/2C6H5ClO.Zr/c2*7-5-2-1-3-6(8)4-5;/h2*1-4,8H;/q;;+2/p-2. The topological polar surface area (TPSA) is 18.5 Å². The maximum absolute atomic E-state index is 5.84. The third-order valence-corrected chi connectivity index (χ3v) is 3.95. The fourth-order valence-corrected chi connectivity index (χ4v) is 2.74. The van der Waals surface area contributed by atoms with E-state index in [1.807, 2.05) is 24.3 Å². The Bertz CT molecular complexity index is 460. The van der Waals surface area contributed by atoms with Gasteiger partial charge in [-0.05, 0) is 0 Å². The van der Waals surface area contributed by atoms with Crippen LogP contribution in [0.1, 0.15) is 0 Å². The second kappa shape index (κ2) is 6.44. The number of hydrogen-bond acceptors (Lipinski definition) is 2. The molecule has 2 aromatic rings. The van der Waals surface area contributed by atoms with Gasteiger partial charge >= 0.3 is 123 Å². The van der Waals surface area contributed by atoms with E-state index in [-0.39, 0.29) is 0 Å². The maximum atomic E-state index is 5.84. The van der Waals surface area contributed by atoms with Gasteiger partial charge in [-0.2, -0.15) is 0 Å². The van der Waals surface area contributed by atoms with E-state index in [0.717, 1.165) is 11.5 Å². The molecule has 0 aromatic heterocycles. The summed E-state index contributed by atoms with van der Waals surface area (Å²) in [6.07, 6.45) is 0. The van der Waals surface area contributed by atoms with Gasteiger partial charge in [-0.25, -0.2) is 0 Å². The minimum absolute atomic E-state index is 0.657. The van der Waals surface area contributed by atoms with Crippen molar-refractivity contribution in [2.75, 3.05) is 0 Å². The molecule has 0 bridgehead atoms. The van der Waals surface area contributed by atoms with Crippen LogP contribution in [0.15, 0.2) is 48.5 Å². The second-order valence-corrected chi connectivity index (χ2v) is 5.49. The first-order valence-corrected chi connectivity index (χ1v) is 7.60. The Hall–Kier alpha value is -0.497. The molecule has 0 aliphatic heterocycles. The van der Waals surface area contributed by atoms with Crippen LogP contribution in [0.4, 0.5) is 0 Å². The van der Waals surface area contributed by atoms with Crippen LogP contribution in [0.3, 0.4) is 0 Å². The zero-order valence-corrected chi connectivity index (χ0v) is 12.7. The van der Waals surface area contributed by atoms with Gasteiger partial charge in [0.15, 0.2) is 0 Å². The van der Waals surface area contributed by atoms with Crippen molar-refractivity contribution in [1.29, 1.82) is 0 Å². The summed E-state index contributed by atoms with van der Waals surface area (Å²) in [5.74, 6) is 1.48. The van der Waals surface area contributed by atoms with E-state index in [1.54, 1.807) is 24.3 Å². The van der Waals surface area contributed by atoms with Crippen LogP contribution >= 0.6 is 23.2 Å². The summed E-state index contributed by atoms with van der Waals surface area (Å²) < 4.78 is 11.1. The van der Waals surface area contributed by atoms with E-state index in [9.17, 15) is 0 Å².